The summed E-state index contributed by atoms with van der Waals surface area (Å²) in [5.74, 6) is 0. The largest absolute Gasteiger partial charge is 0.320 e. The fourth-order valence-electron chi connectivity index (χ4n) is 2.11. The molecule has 0 aliphatic rings. The molecule has 1 atom stereocenters. The number of rotatable bonds is 4. The lowest BCUT2D eigenvalue weighted by Gasteiger charge is -2.15. The molecule has 0 spiro atoms. The molecular formula is C16H17BrClN. The zero-order valence-electron chi connectivity index (χ0n) is 10.9. The lowest BCUT2D eigenvalue weighted by molar-refractivity contribution is 0.864. The van der Waals surface area contributed by atoms with E-state index in [1.807, 2.05) is 18.2 Å². The van der Waals surface area contributed by atoms with Gasteiger partial charge in [-0.25, -0.2) is 0 Å². The first kappa shape index (κ1) is 14.6. The first-order chi connectivity index (χ1) is 9.11. The van der Waals surface area contributed by atoms with Gasteiger partial charge in [0.1, 0.15) is 0 Å². The Morgan fingerprint density at radius 1 is 1.16 bits per heavy atom. The number of aryl methyl sites for hydroxylation is 1. The standard InChI is InChI=1S/C16H17BrClN/c1-2-3-11-4-6-12(7-5-11)16(19)14-10-13(17)8-9-15(14)18/h4-10,16H,2-3,19H2,1H3. The van der Waals surface area contributed by atoms with Crippen molar-refractivity contribution in [2.24, 2.45) is 5.73 Å². The molecule has 19 heavy (non-hydrogen) atoms. The van der Waals surface area contributed by atoms with Crippen LogP contribution in [0.5, 0.6) is 0 Å². The zero-order chi connectivity index (χ0) is 13.8. The SMILES string of the molecule is CCCc1ccc(C(N)c2cc(Br)ccc2Cl)cc1. The summed E-state index contributed by atoms with van der Waals surface area (Å²) in [6.45, 7) is 2.18. The molecule has 0 aliphatic carbocycles. The van der Waals surface area contributed by atoms with Crippen LogP contribution in [-0.4, -0.2) is 0 Å². The molecular weight excluding hydrogens is 322 g/mol. The van der Waals surface area contributed by atoms with Crippen LogP contribution in [0.3, 0.4) is 0 Å². The van der Waals surface area contributed by atoms with Crippen LogP contribution in [0, 0.1) is 0 Å². The Bertz CT molecular complexity index is 551. The summed E-state index contributed by atoms with van der Waals surface area (Å²) in [5.41, 5.74) is 9.68. The van der Waals surface area contributed by atoms with Crippen molar-refractivity contribution in [3.05, 3.63) is 68.7 Å². The van der Waals surface area contributed by atoms with Gasteiger partial charge in [0, 0.05) is 9.50 Å². The normalized spacial score (nSPS) is 12.4. The van der Waals surface area contributed by atoms with Crippen LogP contribution in [0.2, 0.25) is 5.02 Å². The van der Waals surface area contributed by atoms with Gasteiger partial charge < -0.3 is 5.73 Å². The van der Waals surface area contributed by atoms with Gasteiger partial charge in [0.25, 0.3) is 0 Å². The monoisotopic (exact) mass is 337 g/mol. The predicted octanol–water partition coefficient (Wildman–Crippen LogP) is 5.10. The Morgan fingerprint density at radius 2 is 1.84 bits per heavy atom. The molecule has 2 rings (SSSR count). The first-order valence-electron chi connectivity index (χ1n) is 6.41. The highest BCUT2D eigenvalue weighted by atomic mass is 79.9. The maximum absolute atomic E-state index is 6.30. The van der Waals surface area contributed by atoms with Gasteiger partial charge in [0.2, 0.25) is 0 Å². The van der Waals surface area contributed by atoms with Crippen molar-refractivity contribution in [2.45, 2.75) is 25.8 Å². The number of nitrogens with two attached hydrogens (primary N) is 1. The zero-order valence-corrected chi connectivity index (χ0v) is 13.2. The summed E-state index contributed by atoms with van der Waals surface area (Å²) in [5, 5.41) is 0.702. The topological polar surface area (TPSA) is 26.0 Å². The third-order valence-corrected chi connectivity index (χ3v) is 4.01. The van der Waals surface area contributed by atoms with Crippen LogP contribution in [-0.2, 0) is 6.42 Å². The molecule has 100 valence electrons. The van der Waals surface area contributed by atoms with Crippen molar-refractivity contribution in [2.75, 3.05) is 0 Å². The molecule has 0 saturated carbocycles. The highest BCUT2D eigenvalue weighted by Crippen LogP contribution is 2.29. The van der Waals surface area contributed by atoms with Crippen LogP contribution >= 0.6 is 27.5 Å². The Kier molecular flexibility index (Phi) is 5.03. The third-order valence-electron chi connectivity index (χ3n) is 3.17. The van der Waals surface area contributed by atoms with E-state index in [-0.39, 0.29) is 6.04 Å². The summed E-state index contributed by atoms with van der Waals surface area (Å²) in [6.07, 6.45) is 2.26. The van der Waals surface area contributed by atoms with Crippen LogP contribution < -0.4 is 5.73 Å². The highest BCUT2D eigenvalue weighted by molar-refractivity contribution is 9.10. The lowest BCUT2D eigenvalue weighted by Crippen LogP contribution is -2.12. The Balaban J connectivity index is 2.27. The van der Waals surface area contributed by atoms with Crippen molar-refractivity contribution >= 4 is 27.5 Å². The molecule has 1 unspecified atom stereocenters. The number of halogens is 2. The van der Waals surface area contributed by atoms with Crippen molar-refractivity contribution in [3.8, 4) is 0 Å². The van der Waals surface area contributed by atoms with E-state index in [1.165, 1.54) is 5.56 Å². The maximum Gasteiger partial charge on any atom is 0.0566 e. The van der Waals surface area contributed by atoms with E-state index in [2.05, 4.69) is 47.1 Å². The second-order valence-corrected chi connectivity index (χ2v) is 5.96. The molecule has 0 fully saturated rings. The fraction of sp³-hybridized carbons (Fsp3) is 0.250. The summed E-state index contributed by atoms with van der Waals surface area (Å²) < 4.78 is 0.991. The van der Waals surface area contributed by atoms with E-state index in [4.69, 9.17) is 17.3 Å². The minimum atomic E-state index is -0.194. The van der Waals surface area contributed by atoms with Gasteiger partial charge in [-0.2, -0.15) is 0 Å². The van der Waals surface area contributed by atoms with Crippen molar-refractivity contribution in [1.29, 1.82) is 0 Å². The molecule has 2 aromatic carbocycles. The molecule has 0 bridgehead atoms. The van der Waals surface area contributed by atoms with Gasteiger partial charge in [-0.15, -0.1) is 0 Å². The maximum atomic E-state index is 6.30. The molecule has 1 nitrogen and oxygen atoms in total. The molecule has 0 heterocycles. The molecule has 0 aromatic heterocycles. The number of benzene rings is 2. The van der Waals surface area contributed by atoms with Crippen LogP contribution in [0.4, 0.5) is 0 Å². The van der Waals surface area contributed by atoms with Crippen LogP contribution in [0.1, 0.15) is 36.1 Å². The van der Waals surface area contributed by atoms with E-state index < -0.39 is 0 Å². The summed E-state index contributed by atoms with van der Waals surface area (Å²) >= 11 is 9.68. The second kappa shape index (κ2) is 6.56. The number of hydrogen-bond donors (Lipinski definition) is 1. The van der Waals surface area contributed by atoms with Gasteiger partial charge in [-0.05, 0) is 41.3 Å². The van der Waals surface area contributed by atoms with Crippen molar-refractivity contribution in [1.82, 2.24) is 0 Å². The van der Waals surface area contributed by atoms with Crippen LogP contribution in [0.25, 0.3) is 0 Å². The minimum Gasteiger partial charge on any atom is -0.320 e. The second-order valence-electron chi connectivity index (χ2n) is 4.64. The lowest BCUT2D eigenvalue weighted by atomic mass is 9.98. The predicted molar refractivity (Wildman–Crippen MR) is 85.6 cm³/mol. The fourth-order valence-corrected chi connectivity index (χ4v) is 2.73. The number of hydrogen-bond acceptors (Lipinski definition) is 1. The molecule has 3 heteroatoms. The molecule has 2 N–H and O–H groups in total. The van der Waals surface area contributed by atoms with Gasteiger partial charge in [-0.3, -0.25) is 0 Å². The van der Waals surface area contributed by atoms with E-state index >= 15 is 0 Å². The van der Waals surface area contributed by atoms with Gasteiger partial charge in [0.05, 0.1) is 6.04 Å². The van der Waals surface area contributed by atoms with E-state index in [9.17, 15) is 0 Å². The van der Waals surface area contributed by atoms with E-state index in [0.29, 0.717) is 5.02 Å². The first-order valence-corrected chi connectivity index (χ1v) is 7.58. The average Bonchev–Trinajstić information content (AvgIpc) is 2.42. The Hall–Kier alpha value is -0.830. The quantitative estimate of drug-likeness (QED) is 0.824. The summed E-state index contributed by atoms with van der Waals surface area (Å²) in [7, 11) is 0. The molecule has 0 amide bonds. The minimum absolute atomic E-state index is 0.194. The Labute approximate surface area is 127 Å². The van der Waals surface area contributed by atoms with Crippen molar-refractivity contribution < 1.29 is 0 Å². The third kappa shape index (κ3) is 3.59. The van der Waals surface area contributed by atoms with Gasteiger partial charge in [-0.1, -0.05) is 65.1 Å². The molecule has 0 radical (unpaired) electrons. The van der Waals surface area contributed by atoms with E-state index in [0.717, 1.165) is 28.4 Å². The molecule has 0 aliphatic heterocycles. The van der Waals surface area contributed by atoms with Gasteiger partial charge >= 0.3 is 0 Å². The van der Waals surface area contributed by atoms with E-state index in [1.54, 1.807) is 0 Å². The molecule has 0 saturated heterocycles. The van der Waals surface area contributed by atoms with Crippen LogP contribution in [0.15, 0.2) is 46.9 Å². The summed E-state index contributed by atoms with van der Waals surface area (Å²) in [6, 6.07) is 14.0. The highest BCUT2D eigenvalue weighted by Gasteiger charge is 2.12. The average molecular weight is 339 g/mol. The smallest absolute Gasteiger partial charge is 0.0566 e. The molecule has 2 aromatic rings. The van der Waals surface area contributed by atoms with Crippen molar-refractivity contribution in [3.63, 3.8) is 0 Å². The van der Waals surface area contributed by atoms with Gasteiger partial charge in [0.15, 0.2) is 0 Å². The Morgan fingerprint density at radius 3 is 2.47 bits per heavy atom. The summed E-state index contributed by atoms with van der Waals surface area (Å²) in [4.78, 5) is 0.